The lowest BCUT2D eigenvalue weighted by atomic mass is 10.1. The lowest BCUT2D eigenvalue weighted by Crippen LogP contribution is -2.42. The van der Waals surface area contributed by atoms with Crippen LogP contribution in [0.2, 0.25) is 0 Å². The van der Waals surface area contributed by atoms with Gasteiger partial charge in [-0.15, -0.1) is 16.8 Å². The van der Waals surface area contributed by atoms with E-state index in [1.165, 1.54) is 0 Å². The van der Waals surface area contributed by atoms with E-state index in [4.69, 9.17) is 5.73 Å². The molecule has 3 N–H and O–H groups in total. The zero-order valence-electron chi connectivity index (χ0n) is 10.8. The van der Waals surface area contributed by atoms with Gasteiger partial charge >= 0.3 is 0 Å². The minimum Gasteiger partial charge on any atom is -0.352 e. The smallest absolute Gasteiger partial charge is 0.256 e. The molecule has 112 valence electrons. The molecule has 0 fully saturated rings. The van der Waals surface area contributed by atoms with Gasteiger partial charge in [-0.1, -0.05) is 0 Å². The second kappa shape index (κ2) is 6.87. The number of hydrogen-bond donors (Lipinski definition) is 2. The number of halogens is 1. The molecule has 0 aliphatic carbocycles. The predicted octanol–water partition coefficient (Wildman–Crippen LogP) is -0.629. The molecule has 20 heavy (non-hydrogen) atoms. The maximum Gasteiger partial charge on any atom is 0.256 e. The minimum atomic E-state index is -3.47. The molecule has 2 aliphatic heterocycles. The minimum absolute atomic E-state index is 0. The van der Waals surface area contributed by atoms with Gasteiger partial charge in [0.15, 0.2) is 5.84 Å². The highest BCUT2D eigenvalue weighted by Gasteiger charge is 2.29. The monoisotopic (exact) mass is 320 g/mol. The van der Waals surface area contributed by atoms with Gasteiger partial charge in [0.25, 0.3) is 15.9 Å². The maximum absolute atomic E-state index is 12.0. The van der Waals surface area contributed by atoms with Crippen molar-refractivity contribution in [2.75, 3.05) is 25.4 Å². The predicted molar refractivity (Wildman–Crippen MR) is 79.1 cm³/mol. The van der Waals surface area contributed by atoms with E-state index >= 15 is 0 Å². The molecule has 0 bridgehead atoms. The molecule has 0 saturated heterocycles. The third-order valence-electron chi connectivity index (χ3n) is 2.77. The van der Waals surface area contributed by atoms with Crippen LogP contribution in [0.15, 0.2) is 28.3 Å². The largest absolute Gasteiger partial charge is 0.352 e. The van der Waals surface area contributed by atoms with Gasteiger partial charge in [0.05, 0.1) is 11.3 Å². The van der Waals surface area contributed by atoms with E-state index in [0.29, 0.717) is 26.1 Å². The van der Waals surface area contributed by atoms with E-state index in [0.717, 1.165) is 0 Å². The van der Waals surface area contributed by atoms with Gasteiger partial charge in [-0.2, -0.15) is 0 Å². The van der Waals surface area contributed by atoms with Crippen LogP contribution in [-0.2, 0) is 14.8 Å². The number of carbonyl (C=O) groups is 1. The average Bonchev–Trinajstić information content (AvgIpc) is 2.37. The van der Waals surface area contributed by atoms with Crippen LogP contribution in [0, 0.1) is 0 Å². The highest BCUT2D eigenvalue weighted by Crippen LogP contribution is 2.17. The fraction of sp³-hybridized carbons (Fsp3) is 0.455. The first kappa shape index (κ1) is 16.7. The summed E-state index contributed by atoms with van der Waals surface area (Å²) < 4.78 is 26.7. The molecular weight excluding hydrogens is 304 g/mol. The number of carbonyl (C=O) groups excluding carboxylic acids is 1. The Labute approximate surface area is 124 Å². The van der Waals surface area contributed by atoms with E-state index in [2.05, 4.69) is 9.71 Å². The van der Waals surface area contributed by atoms with Crippen molar-refractivity contribution in [3.05, 3.63) is 23.9 Å². The molecule has 0 spiro atoms. The second-order valence-electron chi connectivity index (χ2n) is 4.21. The Bertz CT molecular complexity index is 568. The number of nitrogens with zero attached hydrogens (tertiary/aromatic N) is 2. The summed E-state index contributed by atoms with van der Waals surface area (Å²) in [6.07, 6.45) is 5.65. The van der Waals surface area contributed by atoms with Gasteiger partial charge in [-0.25, -0.2) is 8.42 Å². The third-order valence-corrected chi connectivity index (χ3v) is 3.92. The lowest BCUT2D eigenvalue weighted by molar-refractivity contribution is -0.117. The topological polar surface area (TPSA) is 105 Å². The summed E-state index contributed by atoms with van der Waals surface area (Å²) in [4.78, 5) is 13.6. The zero-order chi connectivity index (χ0) is 13.9. The number of amidine groups is 1. The number of allylic oxidation sites excluding steroid dienone is 2. The van der Waals surface area contributed by atoms with E-state index in [1.807, 2.05) is 0 Å². The molecule has 0 unspecified atom stereocenters. The molecule has 0 aromatic heterocycles. The number of hydrogen-bond acceptors (Lipinski definition) is 5. The highest BCUT2D eigenvalue weighted by molar-refractivity contribution is 7.90. The summed E-state index contributed by atoms with van der Waals surface area (Å²) in [6, 6.07) is 0. The summed E-state index contributed by atoms with van der Waals surface area (Å²) in [6.45, 7) is 1.25. The first-order chi connectivity index (χ1) is 9.03. The Morgan fingerprint density at radius 2 is 2.25 bits per heavy atom. The van der Waals surface area contributed by atoms with Gasteiger partial charge in [-0.05, 0) is 25.1 Å². The van der Waals surface area contributed by atoms with Crippen molar-refractivity contribution in [2.45, 2.75) is 6.42 Å². The van der Waals surface area contributed by atoms with Crippen molar-refractivity contribution >= 4 is 34.2 Å². The molecule has 1 amide bonds. The van der Waals surface area contributed by atoms with Gasteiger partial charge in [0, 0.05) is 19.3 Å². The summed E-state index contributed by atoms with van der Waals surface area (Å²) in [5, 5.41) is 2.69. The van der Waals surface area contributed by atoms with Crippen LogP contribution in [0.1, 0.15) is 6.42 Å². The Hall–Kier alpha value is -1.38. The number of amides is 1. The molecule has 2 heterocycles. The average molecular weight is 321 g/mol. The molecule has 2 rings (SSSR count). The van der Waals surface area contributed by atoms with Crippen molar-refractivity contribution in [1.29, 1.82) is 0 Å². The molecule has 2 aliphatic rings. The number of fused-ring (bicyclic) bond motifs is 1. The fourth-order valence-electron chi connectivity index (χ4n) is 1.79. The Morgan fingerprint density at radius 3 is 2.95 bits per heavy atom. The molecule has 0 saturated carbocycles. The summed E-state index contributed by atoms with van der Waals surface area (Å²) in [7, 11) is -3.47. The zero-order valence-corrected chi connectivity index (χ0v) is 12.4. The maximum atomic E-state index is 12.0. The van der Waals surface area contributed by atoms with Crippen LogP contribution in [0.5, 0.6) is 0 Å². The van der Waals surface area contributed by atoms with Gasteiger partial charge in [0.2, 0.25) is 0 Å². The van der Waals surface area contributed by atoms with Gasteiger partial charge < -0.3 is 16.0 Å². The number of rotatable bonds is 4. The van der Waals surface area contributed by atoms with E-state index < -0.39 is 10.0 Å². The van der Waals surface area contributed by atoms with Crippen molar-refractivity contribution in [3.63, 3.8) is 0 Å². The van der Waals surface area contributed by atoms with E-state index in [1.54, 1.807) is 23.3 Å². The molecule has 9 heteroatoms. The fourth-order valence-corrected chi connectivity index (χ4v) is 2.78. The number of nitrogens with two attached hydrogens (primary N) is 1. The van der Waals surface area contributed by atoms with Crippen LogP contribution in [0.4, 0.5) is 0 Å². The SMILES string of the molecule is Cl.NCCCNC(=O)C1=CC=CN2CCS(=O)(=O)N=C12. The molecule has 0 radical (unpaired) electrons. The highest BCUT2D eigenvalue weighted by atomic mass is 35.5. The van der Waals surface area contributed by atoms with Crippen LogP contribution in [0.3, 0.4) is 0 Å². The first-order valence-corrected chi connectivity index (χ1v) is 7.61. The molecule has 7 nitrogen and oxygen atoms in total. The van der Waals surface area contributed by atoms with Crippen LogP contribution >= 0.6 is 12.4 Å². The van der Waals surface area contributed by atoms with E-state index in [9.17, 15) is 13.2 Å². The Balaban J connectivity index is 0.00000200. The van der Waals surface area contributed by atoms with Crippen molar-refractivity contribution in [1.82, 2.24) is 10.2 Å². The van der Waals surface area contributed by atoms with Gasteiger partial charge in [-0.3, -0.25) is 4.79 Å². The van der Waals surface area contributed by atoms with Crippen LogP contribution in [0.25, 0.3) is 0 Å². The van der Waals surface area contributed by atoms with Crippen molar-refractivity contribution in [3.8, 4) is 0 Å². The third kappa shape index (κ3) is 3.81. The quantitative estimate of drug-likeness (QED) is 0.671. The number of sulfonamides is 1. The number of nitrogens with one attached hydrogen (secondary N) is 1. The Kier molecular flexibility index (Phi) is 5.73. The standard InChI is InChI=1S/C11H16N4O3S.ClH/c12-4-2-5-13-11(16)9-3-1-6-15-7-8-19(17,18)14-10(9)15;/h1,3,6H,2,4-5,7-8,12H2,(H,13,16);1H. The summed E-state index contributed by atoms with van der Waals surface area (Å²) >= 11 is 0. The molecular formula is C11H17ClN4O3S. The molecule has 0 atom stereocenters. The normalized spacial score (nSPS) is 19.4. The van der Waals surface area contributed by atoms with Crippen molar-refractivity contribution in [2.24, 2.45) is 10.1 Å². The van der Waals surface area contributed by atoms with Crippen LogP contribution < -0.4 is 11.1 Å². The lowest BCUT2D eigenvalue weighted by Gasteiger charge is -2.28. The van der Waals surface area contributed by atoms with Gasteiger partial charge in [0.1, 0.15) is 0 Å². The molecule has 0 aromatic rings. The van der Waals surface area contributed by atoms with Crippen LogP contribution in [-0.4, -0.2) is 50.4 Å². The summed E-state index contributed by atoms with van der Waals surface area (Å²) in [5.41, 5.74) is 5.61. The van der Waals surface area contributed by atoms with Crippen molar-refractivity contribution < 1.29 is 13.2 Å². The second-order valence-corrected chi connectivity index (χ2v) is 5.97. The Morgan fingerprint density at radius 1 is 1.50 bits per heavy atom. The summed E-state index contributed by atoms with van der Waals surface area (Å²) in [5.74, 6) is -0.180. The first-order valence-electron chi connectivity index (χ1n) is 6.00. The molecule has 0 aromatic carbocycles. The van der Waals surface area contributed by atoms with E-state index in [-0.39, 0.29) is 35.5 Å².